The smallest absolute Gasteiger partial charge is 0.326 e. The van der Waals surface area contributed by atoms with Crippen LogP contribution < -0.4 is 10.6 Å². The SMILES string of the molecule is CCNCCC(=O)NC(CCC(=O)OC)C(=O)O. The largest absolute Gasteiger partial charge is 0.480 e. The summed E-state index contributed by atoms with van der Waals surface area (Å²) in [6, 6.07) is -1.06. The minimum absolute atomic E-state index is 0.0228. The summed E-state index contributed by atoms with van der Waals surface area (Å²) in [6.07, 6.45) is 0.186. The maximum atomic E-state index is 11.4. The average molecular weight is 260 g/mol. The van der Waals surface area contributed by atoms with Crippen molar-refractivity contribution in [1.82, 2.24) is 10.6 Å². The van der Waals surface area contributed by atoms with Crippen LogP contribution in [0, 0.1) is 0 Å². The molecule has 1 atom stereocenters. The first-order valence-corrected chi connectivity index (χ1v) is 5.81. The van der Waals surface area contributed by atoms with Crippen LogP contribution in [0.4, 0.5) is 0 Å². The molecule has 1 amide bonds. The molecule has 1 unspecified atom stereocenters. The van der Waals surface area contributed by atoms with Crippen LogP contribution in [0.15, 0.2) is 0 Å². The Morgan fingerprint density at radius 2 is 1.94 bits per heavy atom. The molecular formula is C11H20N2O5. The van der Waals surface area contributed by atoms with Gasteiger partial charge in [-0.05, 0) is 13.0 Å². The van der Waals surface area contributed by atoms with Gasteiger partial charge < -0.3 is 20.5 Å². The monoisotopic (exact) mass is 260 g/mol. The van der Waals surface area contributed by atoms with Crippen molar-refractivity contribution in [3.05, 3.63) is 0 Å². The van der Waals surface area contributed by atoms with Crippen LogP contribution in [0.3, 0.4) is 0 Å². The van der Waals surface area contributed by atoms with Crippen LogP contribution >= 0.6 is 0 Å². The Morgan fingerprint density at radius 3 is 2.44 bits per heavy atom. The molecule has 0 aromatic carbocycles. The Kier molecular flexibility index (Phi) is 8.55. The highest BCUT2D eigenvalue weighted by molar-refractivity contribution is 5.84. The molecule has 3 N–H and O–H groups in total. The molecule has 0 bridgehead atoms. The molecule has 0 saturated heterocycles. The van der Waals surface area contributed by atoms with Gasteiger partial charge in [0.1, 0.15) is 6.04 Å². The summed E-state index contributed by atoms with van der Waals surface area (Å²) in [7, 11) is 1.23. The van der Waals surface area contributed by atoms with Gasteiger partial charge in [0, 0.05) is 19.4 Å². The normalized spacial score (nSPS) is 11.7. The molecule has 0 radical (unpaired) electrons. The lowest BCUT2D eigenvalue weighted by atomic mass is 10.1. The Hall–Kier alpha value is -1.63. The van der Waals surface area contributed by atoms with E-state index >= 15 is 0 Å². The highest BCUT2D eigenvalue weighted by Crippen LogP contribution is 2.00. The molecule has 104 valence electrons. The number of rotatable bonds is 9. The standard InChI is InChI=1S/C11H20N2O5/c1-3-12-7-6-9(14)13-8(11(16)17)4-5-10(15)18-2/h8,12H,3-7H2,1-2H3,(H,13,14)(H,16,17). The number of hydrogen-bond donors (Lipinski definition) is 3. The summed E-state index contributed by atoms with van der Waals surface area (Å²) in [5.41, 5.74) is 0. The third kappa shape index (κ3) is 7.61. The number of carbonyl (C=O) groups is 3. The molecule has 0 aliphatic rings. The topological polar surface area (TPSA) is 105 Å². The van der Waals surface area contributed by atoms with E-state index in [1.165, 1.54) is 7.11 Å². The Bertz CT molecular complexity index is 293. The van der Waals surface area contributed by atoms with Crippen molar-refractivity contribution in [3.8, 4) is 0 Å². The summed E-state index contributed by atoms with van der Waals surface area (Å²) >= 11 is 0. The fraction of sp³-hybridized carbons (Fsp3) is 0.727. The fourth-order valence-electron chi connectivity index (χ4n) is 1.27. The van der Waals surface area contributed by atoms with Gasteiger partial charge in [0.2, 0.25) is 5.91 Å². The number of methoxy groups -OCH3 is 1. The second-order valence-electron chi connectivity index (χ2n) is 3.68. The van der Waals surface area contributed by atoms with Gasteiger partial charge in [-0.25, -0.2) is 4.79 Å². The lowest BCUT2D eigenvalue weighted by Crippen LogP contribution is -2.42. The second kappa shape index (κ2) is 9.41. The molecule has 0 aromatic rings. The number of hydrogen-bond acceptors (Lipinski definition) is 5. The average Bonchev–Trinajstić information content (AvgIpc) is 2.33. The predicted octanol–water partition coefficient (Wildman–Crippen LogP) is -0.491. The Labute approximate surface area is 106 Å². The van der Waals surface area contributed by atoms with Crippen LogP contribution in [-0.2, 0) is 19.1 Å². The van der Waals surface area contributed by atoms with E-state index in [9.17, 15) is 14.4 Å². The van der Waals surface area contributed by atoms with Crippen LogP contribution in [0.2, 0.25) is 0 Å². The summed E-state index contributed by atoms with van der Waals surface area (Å²) in [4.78, 5) is 33.2. The third-order valence-electron chi connectivity index (χ3n) is 2.28. The van der Waals surface area contributed by atoms with E-state index in [1.807, 2.05) is 6.92 Å². The van der Waals surface area contributed by atoms with E-state index in [0.29, 0.717) is 6.54 Å². The number of carbonyl (C=O) groups excluding carboxylic acids is 2. The zero-order valence-electron chi connectivity index (χ0n) is 10.7. The predicted molar refractivity (Wildman–Crippen MR) is 64.0 cm³/mol. The molecule has 0 aliphatic carbocycles. The third-order valence-corrected chi connectivity index (χ3v) is 2.28. The Balaban J connectivity index is 4.06. The van der Waals surface area contributed by atoms with Crippen molar-refractivity contribution in [2.45, 2.75) is 32.2 Å². The number of nitrogens with one attached hydrogen (secondary N) is 2. The molecule has 0 spiro atoms. The number of ether oxygens (including phenoxy) is 1. The summed E-state index contributed by atoms with van der Waals surface area (Å²) in [6.45, 7) is 3.15. The number of esters is 1. The second-order valence-corrected chi connectivity index (χ2v) is 3.68. The van der Waals surface area contributed by atoms with Crippen molar-refractivity contribution in [2.24, 2.45) is 0 Å². The lowest BCUT2D eigenvalue weighted by Gasteiger charge is -2.13. The summed E-state index contributed by atoms with van der Waals surface area (Å²) in [5.74, 6) is -2.01. The van der Waals surface area contributed by atoms with E-state index in [0.717, 1.165) is 6.54 Å². The molecule has 0 aromatic heterocycles. The maximum absolute atomic E-state index is 11.4. The van der Waals surface area contributed by atoms with E-state index < -0.39 is 18.0 Å². The highest BCUT2D eigenvalue weighted by atomic mass is 16.5. The van der Waals surface area contributed by atoms with Crippen molar-refractivity contribution >= 4 is 17.8 Å². The first kappa shape index (κ1) is 16.4. The van der Waals surface area contributed by atoms with Gasteiger partial charge in [-0.15, -0.1) is 0 Å². The Morgan fingerprint density at radius 1 is 1.28 bits per heavy atom. The zero-order chi connectivity index (χ0) is 14.0. The summed E-state index contributed by atoms with van der Waals surface area (Å²) in [5, 5.41) is 14.2. The van der Waals surface area contributed by atoms with Gasteiger partial charge in [-0.1, -0.05) is 6.92 Å². The molecule has 7 heteroatoms. The van der Waals surface area contributed by atoms with Crippen molar-refractivity contribution in [3.63, 3.8) is 0 Å². The van der Waals surface area contributed by atoms with Crippen LogP contribution in [0.5, 0.6) is 0 Å². The minimum atomic E-state index is -1.16. The van der Waals surface area contributed by atoms with Crippen LogP contribution in [0.25, 0.3) is 0 Å². The highest BCUT2D eigenvalue weighted by Gasteiger charge is 2.20. The van der Waals surface area contributed by atoms with Gasteiger partial charge in [0.15, 0.2) is 0 Å². The molecule has 0 aliphatic heterocycles. The number of carboxylic acids is 1. The molecule has 0 fully saturated rings. The van der Waals surface area contributed by atoms with Crippen molar-refractivity contribution in [2.75, 3.05) is 20.2 Å². The lowest BCUT2D eigenvalue weighted by molar-refractivity contribution is -0.144. The number of amides is 1. The van der Waals surface area contributed by atoms with E-state index in [1.54, 1.807) is 0 Å². The van der Waals surface area contributed by atoms with Gasteiger partial charge >= 0.3 is 11.9 Å². The van der Waals surface area contributed by atoms with E-state index in [-0.39, 0.29) is 25.2 Å². The van der Waals surface area contributed by atoms with Crippen LogP contribution in [0.1, 0.15) is 26.2 Å². The number of carboxylic acid groups (broad SMARTS) is 1. The maximum Gasteiger partial charge on any atom is 0.326 e. The molecule has 0 rings (SSSR count). The summed E-state index contributed by atoms with van der Waals surface area (Å²) < 4.78 is 4.41. The van der Waals surface area contributed by atoms with Crippen molar-refractivity contribution in [1.29, 1.82) is 0 Å². The molecule has 0 saturated carbocycles. The first-order valence-electron chi connectivity index (χ1n) is 5.81. The van der Waals surface area contributed by atoms with Crippen molar-refractivity contribution < 1.29 is 24.2 Å². The van der Waals surface area contributed by atoms with Crippen LogP contribution in [-0.4, -0.2) is 49.2 Å². The zero-order valence-corrected chi connectivity index (χ0v) is 10.7. The quantitative estimate of drug-likeness (QED) is 0.381. The van der Waals surface area contributed by atoms with Gasteiger partial charge in [0.05, 0.1) is 7.11 Å². The van der Waals surface area contributed by atoms with Gasteiger partial charge in [-0.3, -0.25) is 9.59 Å². The molecule has 7 nitrogen and oxygen atoms in total. The minimum Gasteiger partial charge on any atom is -0.480 e. The van der Waals surface area contributed by atoms with E-state index in [2.05, 4.69) is 15.4 Å². The number of aliphatic carboxylic acids is 1. The fourth-order valence-corrected chi connectivity index (χ4v) is 1.27. The van der Waals surface area contributed by atoms with Gasteiger partial charge in [-0.2, -0.15) is 0 Å². The molecule has 18 heavy (non-hydrogen) atoms. The first-order chi connectivity index (χ1) is 8.51. The van der Waals surface area contributed by atoms with Gasteiger partial charge in [0.25, 0.3) is 0 Å². The van der Waals surface area contributed by atoms with E-state index in [4.69, 9.17) is 5.11 Å². The molecule has 0 heterocycles. The molecular weight excluding hydrogens is 240 g/mol.